The molecule has 0 spiro atoms. The largest absolute Gasteiger partial charge is 0.507 e. The third kappa shape index (κ3) is 6.52. The van der Waals surface area contributed by atoms with Crippen LogP contribution in [0.5, 0.6) is 5.75 Å². The average Bonchev–Trinajstić information content (AvgIpc) is 3.13. The molecule has 12 rings (SSSR count). The quantitative estimate of drug-likeness (QED) is 0.122. The van der Waals surface area contributed by atoms with Crippen LogP contribution in [0.25, 0.3) is 22.3 Å². The number of thioether (sulfide) groups is 2. The second-order valence-corrected chi connectivity index (χ2v) is 21.4. The molecule has 1 nitrogen and oxygen atoms in total. The van der Waals surface area contributed by atoms with Crippen molar-refractivity contribution in [1.82, 2.24) is 0 Å². The number of hydrogen-bond acceptors (Lipinski definition) is 3. The Hall–Kier alpha value is -2.62. The van der Waals surface area contributed by atoms with Crippen molar-refractivity contribution in [3.05, 3.63) is 101 Å². The summed E-state index contributed by atoms with van der Waals surface area (Å²) in [5, 5.41) is 12.0. The highest BCUT2D eigenvalue weighted by Gasteiger charge is 2.53. The summed E-state index contributed by atoms with van der Waals surface area (Å²) >= 11 is 4.02. The first-order valence-corrected chi connectivity index (χ1v) is 23.2. The number of phenolic OH excluding ortho intramolecular Hbond substituents is 1. The second kappa shape index (κ2) is 13.8. The van der Waals surface area contributed by atoms with Crippen LogP contribution < -0.4 is 0 Å². The summed E-state index contributed by atoms with van der Waals surface area (Å²) in [7, 11) is 0. The minimum Gasteiger partial charge on any atom is -0.507 e. The Kier molecular flexibility index (Phi) is 9.10. The number of aromatic hydroxyl groups is 1. The summed E-state index contributed by atoms with van der Waals surface area (Å²) in [5.74, 6) is 8.32. The molecule has 0 unspecified atom stereocenters. The van der Waals surface area contributed by atoms with Gasteiger partial charge < -0.3 is 5.11 Å². The summed E-state index contributed by atoms with van der Waals surface area (Å²) in [4.78, 5) is 2.73. The summed E-state index contributed by atoms with van der Waals surface area (Å²) in [6.07, 6.45) is 19.3. The molecule has 0 saturated heterocycles. The average molecular weight is 739 g/mol. The maximum absolute atomic E-state index is 12.0. The zero-order valence-corrected chi connectivity index (χ0v) is 33.7. The maximum Gasteiger partial charge on any atom is 0.127 e. The minimum atomic E-state index is 0.189. The van der Waals surface area contributed by atoms with Crippen molar-refractivity contribution >= 4 is 23.5 Å². The molecular weight excluding hydrogens is 681 g/mol. The van der Waals surface area contributed by atoms with Crippen LogP contribution in [0.3, 0.4) is 0 Å². The van der Waals surface area contributed by atoms with E-state index in [0.29, 0.717) is 11.2 Å². The van der Waals surface area contributed by atoms with Crippen molar-refractivity contribution in [3.63, 3.8) is 0 Å². The smallest absolute Gasteiger partial charge is 0.127 e. The van der Waals surface area contributed by atoms with Gasteiger partial charge in [-0.05, 0) is 208 Å². The van der Waals surface area contributed by atoms with Crippen LogP contribution in [-0.4, -0.2) is 16.6 Å². The Morgan fingerprint density at radius 3 is 1.57 bits per heavy atom. The topological polar surface area (TPSA) is 20.2 Å². The van der Waals surface area contributed by atoms with Gasteiger partial charge in [-0.2, -0.15) is 0 Å². The van der Waals surface area contributed by atoms with Gasteiger partial charge in [0.25, 0.3) is 0 Å². The Labute approximate surface area is 327 Å². The van der Waals surface area contributed by atoms with Crippen LogP contribution in [-0.2, 0) is 10.8 Å². The van der Waals surface area contributed by atoms with E-state index in [-0.39, 0.29) is 5.41 Å². The van der Waals surface area contributed by atoms with Gasteiger partial charge in [-0.15, -0.1) is 23.5 Å². The number of benzene rings is 4. The summed E-state index contributed by atoms with van der Waals surface area (Å²) in [6, 6.07) is 30.2. The van der Waals surface area contributed by atoms with Crippen molar-refractivity contribution in [1.29, 1.82) is 0 Å². The molecule has 0 heterocycles. The van der Waals surface area contributed by atoms with E-state index in [1.165, 1.54) is 133 Å². The number of aryl methyl sites for hydroxylation is 2. The van der Waals surface area contributed by atoms with Crippen LogP contribution in [0.4, 0.5) is 0 Å². The molecule has 53 heavy (non-hydrogen) atoms. The fraction of sp³-hybridized carbons (Fsp3) is 0.520. The van der Waals surface area contributed by atoms with Gasteiger partial charge in [0, 0.05) is 20.9 Å². The molecule has 276 valence electrons. The fourth-order valence-corrected chi connectivity index (χ4v) is 15.9. The number of phenols is 1. The van der Waals surface area contributed by atoms with E-state index in [0.717, 1.165) is 52.6 Å². The predicted octanol–water partition coefficient (Wildman–Crippen LogP) is 13.9. The monoisotopic (exact) mass is 738 g/mol. The number of unbranched alkanes of at least 4 members (excludes halogenated alkanes) is 1. The lowest BCUT2D eigenvalue weighted by Crippen LogP contribution is -2.48. The normalized spacial score (nSPS) is 32.1. The first kappa shape index (κ1) is 34.8. The highest BCUT2D eigenvalue weighted by Crippen LogP contribution is 2.63. The lowest BCUT2D eigenvalue weighted by atomic mass is 9.48. The molecule has 1 N–H and O–H groups in total. The lowest BCUT2D eigenvalue weighted by molar-refractivity contribution is -0.00614. The van der Waals surface area contributed by atoms with Crippen molar-refractivity contribution in [2.45, 2.75) is 124 Å². The van der Waals surface area contributed by atoms with Crippen LogP contribution in [0.1, 0.15) is 112 Å². The maximum atomic E-state index is 12.0. The molecule has 8 bridgehead atoms. The molecule has 0 aromatic heterocycles. The van der Waals surface area contributed by atoms with Crippen molar-refractivity contribution in [2.75, 3.05) is 11.5 Å². The first-order valence-electron chi connectivity index (χ1n) is 21.2. The predicted molar refractivity (Wildman–Crippen MR) is 225 cm³/mol. The van der Waals surface area contributed by atoms with Gasteiger partial charge >= 0.3 is 0 Å². The Bertz CT molecular complexity index is 1940. The highest BCUT2D eigenvalue weighted by molar-refractivity contribution is 7.99. The molecule has 0 aliphatic heterocycles. The van der Waals surface area contributed by atoms with E-state index in [2.05, 4.69) is 92.7 Å². The van der Waals surface area contributed by atoms with Crippen molar-refractivity contribution in [2.24, 2.45) is 35.5 Å². The van der Waals surface area contributed by atoms with Crippen LogP contribution >= 0.6 is 23.5 Å². The van der Waals surface area contributed by atoms with Crippen molar-refractivity contribution < 1.29 is 5.11 Å². The SMILES string of the molecule is Cc1cc(-c2ccccc2SCCCCSc2ccccc2-c2cc(C)cc(C34CC5CC(CC(C5)C3)C4)c2O)cc(C23CC4CC(CC(C4)C2)C3)c1. The third-order valence-corrected chi connectivity index (χ3v) is 17.3. The molecule has 0 amide bonds. The summed E-state index contributed by atoms with van der Waals surface area (Å²) in [6.45, 7) is 4.56. The van der Waals surface area contributed by atoms with Gasteiger partial charge in [-0.1, -0.05) is 66.2 Å². The zero-order valence-electron chi connectivity index (χ0n) is 32.0. The van der Waals surface area contributed by atoms with E-state index in [1.54, 1.807) is 5.56 Å². The summed E-state index contributed by atoms with van der Waals surface area (Å²) < 4.78 is 0. The zero-order chi connectivity index (χ0) is 35.7. The van der Waals surface area contributed by atoms with Gasteiger partial charge in [-0.3, -0.25) is 0 Å². The third-order valence-electron chi connectivity index (χ3n) is 15.0. The first-order chi connectivity index (χ1) is 25.8. The molecule has 4 aromatic rings. The molecule has 3 heteroatoms. The molecule has 8 aliphatic carbocycles. The van der Waals surface area contributed by atoms with E-state index in [1.807, 2.05) is 23.5 Å². The number of hydrogen-bond donors (Lipinski definition) is 1. The standard InChI is InChI=1S/C50H58OS2/c1-32-15-40(25-41(16-32)49-26-34-19-35(27-49)21-36(20-34)28-49)42-9-3-5-11-46(42)52-13-7-8-14-53-47-12-6-4-10-43(47)44-17-33(2)18-45(48(44)51)50-29-37-22-38(30-50)24-39(23-37)31-50/h3-6,9-12,15-18,25,34-39,51H,7-8,13-14,19-24,26-31H2,1-2H3. The van der Waals surface area contributed by atoms with Gasteiger partial charge in [0.15, 0.2) is 0 Å². The van der Waals surface area contributed by atoms with Crippen molar-refractivity contribution in [3.8, 4) is 28.0 Å². The van der Waals surface area contributed by atoms with Crippen LogP contribution in [0, 0.1) is 49.4 Å². The van der Waals surface area contributed by atoms with E-state index in [4.69, 9.17) is 0 Å². The fourth-order valence-electron chi connectivity index (χ4n) is 13.8. The number of rotatable bonds is 11. The molecule has 4 aromatic carbocycles. The summed E-state index contributed by atoms with van der Waals surface area (Å²) in [5.41, 5.74) is 11.3. The van der Waals surface area contributed by atoms with Crippen LogP contribution in [0.15, 0.2) is 88.7 Å². The Morgan fingerprint density at radius 2 is 1.00 bits per heavy atom. The van der Waals surface area contributed by atoms with Gasteiger partial charge in [0.05, 0.1) is 0 Å². The molecule has 8 aliphatic rings. The van der Waals surface area contributed by atoms with E-state index >= 15 is 0 Å². The van der Waals surface area contributed by atoms with Crippen LogP contribution in [0.2, 0.25) is 0 Å². The lowest BCUT2D eigenvalue weighted by Gasteiger charge is -2.57. The van der Waals surface area contributed by atoms with Gasteiger partial charge in [-0.25, -0.2) is 0 Å². The molecule has 8 fully saturated rings. The Balaban J connectivity index is 0.803. The molecule has 8 saturated carbocycles. The minimum absolute atomic E-state index is 0.189. The molecule has 0 radical (unpaired) electrons. The van der Waals surface area contributed by atoms with Gasteiger partial charge in [0.2, 0.25) is 0 Å². The second-order valence-electron chi connectivity index (χ2n) is 19.1. The Morgan fingerprint density at radius 1 is 0.528 bits per heavy atom. The van der Waals surface area contributed by atoms with E-state index < -0.39 is 0 Å². The molecule has 0 atom stereocenters. The van der Waals surface area contributed by atoms with Gasteiger partial charge in [0.1, 0.15) is 5.75 Å². The molecular formula is C50H58OS2. The highest BCUT2D eigenvalue weighted by atomic mass is 32.2. The van der Waals surface area contributed by atoms with E-state index in [9.17, 15) is 5.11 Å².